The quantitative estimate of drug-likeness (QED) is 0.746. The molecule has 1 aromatic heterocycles. The minimum Gasteiger partial charge on any atom is -0.381 e. The number of nitrogens with one attached hydrogen (secondary N) is 1. The summed E-state index contributed by atoms with van der Waals surface area (Å²) in [6, 6.07) is 0. The lowest BCUT2D eigenvalue weighted by molar-refractivity contribution is 0.184. The van der Waals surface area contributed by atoms with Crippen LogP contribution in [0, 0.1) is 11.8 Å². The summed E-state index contributed by atoms with van der Waals surface area (Å²) in [5, 5.41) is 7.71. The molecule has 18 heavy (non-hydrogen) atoms. The van der Waals surface area contributed by atoms with Crippen molar-refractivity contribution in [3.63, 3.8) is 0 Å². The Kier molecular flexibility index (Phi) is 5.13. The highest BCUT2D eigenvalue weighted by Crippen LogP contribution is 2.15. The summed E-state index contributed by atoms with van der Waals surface area (Å²) in [5.41, 5.74) is 0. The smallest absolute Gasteiger partial charge is 0.140 e. The zero-order valence-corrected chi connectivity index (χ0v) is 11.4. The lowest BCUT2D eigenvalue weighted by Gasteiger charge is -2.10. The lowest BCUT2D eigenvalue weighted by atomic mass is 10.1. The van der Waals surface area contributed by atoms with E-state index in [4.69, 9.17) is 4.74 Å². The molecule has 0 spiro atoms. The molecule has 1 aliphatic rings. The van der Waals surface area contributed by atoms with Gasteiger partial charge in [-0.15, -0.1) is 0 Å². The first-order valence-corrected chi connectivity index (χ1v) is 6.91. The Morgan fingerprint density at radius 1 is 1.56 bits per heavy atom. The van der Waals surface area contributed by atoms with Gasteiger partial charge in [-0.25, -0.2) is 9.67 Å². The molecule has 1 saturated heterocycles. The first kappa shape index (κ1) is 13.5. The van der Waals surface area contributed by atoms with Crippen LogP contribution in [0.4, 0.5) is 0 Å². The van der Waals surface area contributed by atoms with E-state index in [0.717, 1.165) is 44.6 Å². The number of rotatable bonds is 7. The summed E-state index contributed by atoms with van der Waals surface area (Å²) in [4.78, 5) is 4.30. The van der Waals surface area contributed by atoms with Gasteiger partial charge in [0.05, 0.1) is 6.54 Å². The van der Waals surface area contributed by atoms with Crippen LogP contribution in [-0.2, 0) is 17.8 Å². The first-order valence-electron chi connectivity index (χ1n) is 6.91. The molecular formula is C13H24N4O. The van der Waals surface area contributed by atoms with Gasteiger partial charge in [-0.05, 0) is 31.2 Å². The fourth-order valence-electron chi connectivity index (χ4n) is 2.24. The van der Waals surface area contributed by atoms with Gasteiger partial charge >= 0.3 is 0 Å². The second-order valence-electron chi connectivity index (χ2n) is 5.45. The Morgan fingerprint density at radius 2 is 2.44 bits per heavy atom. The summed E-state index contributed by atoms with van der Waals surface area (Å²) < 4.78 is 7.37. The fourth-order valence-corrected chi connectivity index (χ4v) is 2.24. The van der Waals surface area contributed by atoms with Crippen molar-refractivity contribution >= 4 is 0 Å². The second-order valence-corrected chi connectivity index (χ2v) is 5.45. The zero-order valence-electron chi connectivity index (χ0n) is 11.4. The SMILES string of the molecule is CC(C)Cn1ncnc1CNCCC1CCOC1. The van der Waals surface area contributed by atoms with Crippen molar-refractivity contribution in [3.05, 3.63) is 12.2 Å². The molecule has 1 unspecified atom stereocenters. The average molecular weight is 252 g/mol. The fraction of sp³-hybridized carbons (Fsp3) is 0.846. The van der Waals surface area contributed by atoms with Crippen LogP contribution in [0.25, 0.3) is 0 Å². The number of ether oxygens (including phenoxy) is 1. The van der Waals surface area contributed by atoms with Gasteiger partial charge in [0.2, 0.25) is 0 Å². The highest BCUT2D eigenvalue weighted by atomic mass is 16.5. The van der Waals surface area contributed by atoms with Crippen molar-refractivity contribution in [1.82, 2.24) is 20.1 Å². The van der Waals surface area contributed by atoms with Crippen molar-refractivity contribution in [2.75, 3.05) is 19.8 Å². The van der Waals surface area contributed by atoms with Crippen LogP contribution < -0.4 is 5.32 Å². The molecule has 102 valence electrons. The third kappa shape index (κ3) is 4.07. The molecule has 0 aliphatic carbocycles. The largest absolute Gasteiger partial charge is 0.381 e. The highest BCUT2D eigenvalue weighted by molar-refractivity contribution is 4.84. The molecular weight excluding hydrogens is 228 g/mol. The molecule has 1 aliphatic heterocycles. The maximum absolute atomic E-state index is 5.37. The predicted molar refractivity (Wildman–Crippen MR) is 70.1 cm³/mol. The van der Waals surface area contributed by atoms with Crippen molar-refractivity contribution < 1.29 is 4.74 Å². The third-order valence-electron chi connectivity index (χ3n) is 3.27. The van der Waals surface area contributed by atoms with Gasteiger partial charge < -0.3 is 10.1 Å². The highest BCUT2D eigenvalue weighted by Gasteiger charge is 2.14. The van der Waals surface area contributed by atoms with Gasteiger partial charge in [0.25, 0.3) is 0 Å². The zero-order chi connectivity index (χ0) is 12.8. The second kappa shape index (κ2) is 6.85. The molecule has 0 bridgehead atoms. The van der Waals surface area contributed by atoms with E-state index in [2.05, 4.69) is 29.2 Å². The predicted octanol–water partition coefficient (Wildman–Crippen LogP) is 1.45. The minimum absolute atomic E-state index is 0.598. The molecule has 2 heterocycles. The lowest BCUT2D eigenvalue weighted by Crippen LogP contribution is -2.21. The molecule has 0 radical (unpaired) electrons. The van der Waals surface area contributed by atoms with E-state index in [9.17, 15) is 0 Å². The van der Waals surface area contributed by atoms with Gasteiger partial charge in [0, 0.05) is 19.8 Å². The number of hydrogen-bond donors (Lipinski definition) is 1. The Morgan fingerprint density at radius 3 is 3.17 bits per heavy atom. The summed E-state index contributed by atoms with van der Waals surface area (Å²) in [5.74, 6) is 2.37. The topological polar surface area (TPSA) is 52.0 Å². The molecule has 2 rings (SSSR count). The molecule has 5 nitrogen and oxygen atoms in total. The molecule has 1 N–H and O–H groups in total. The van der Waals surface area contributed by atoms with E-state index >= 15 is 0 Å². The normalized spacial score (nSPS) is 19.8. The summed E-state index contributed by atoms with van der Waals surface area (Å²) >= 11 is 0. The van der Waals surface area contributed by atoms with E-state index in [0.29, 0.717) is 5.92 Å². The standard InChI is InChI=1S/C13H24N4O/c1-11(2)8-17-13(15-10-16-17)7-14-5-3-12-4-6-18-9-12/h10-12,14H,3-9H2,1-2H3. The third-order valence-corrected chi connectivity index (χ3v) is 3.27. The van der Waals surface area contributed by atoms with Crippen molar-refractivity contribution in [2.45, 2.75) is 39.8 Å². The van der Waals surface area contributed by atoms with Gasteiger partial charge in [0.15, 0.2) is 0 Å². The van der Waals surface area contributed by atoms with Crippen LogP contribution in [0.1, 0.15) is 32.5 Å². The number of nitrogens with zero attached hydrogens (tertiary/aromatic N) is 3. The van der Waals surface area contributed by atoms with Gasteiger partial charge in [-0.2, -0.15) is 5.10 Å². The van der Waals surface area contributed by atoms with Crippen LogP contribution in [-0.4, -0.2) is 34.5 Å². The van der Waals surface area contributed by atoms with E-state index in [1.54, 1.807) is 6.33 Å². The summed E-state index contributed by atoms with van der Waals surface area (Å²) in [6.07, 6.45) is 4.05. The minimum atomic E-state index is 0.598. The molecule has 0 amide bonds. The molecule has 0 aromatic carbocycles. The van der Waals surface area contributed by atoms with Crippen LogP contribution in [0.2, 0.25) is 0 Å². The van der Waals surface area contributed by atoms with E-state index in [1.807, 2.05) is 4.68 Å². The average Bonchev–Trinajstić information content (AvgIpc) is 2.95. The van der Waals surface area contributed by atoms with Gasteiger partial charge in [-0.1, -0.05) is 13.8 Å². The molecule has 1 atom stereocenters. The van der Waals surface area contributed by atoms with E-state index in [-0.39, 0.29) is 0 Å². The maximum Gasteiger partial charge on any atom is 0.140 e. The monoisotopic (exact) mass is 252 g/mol. The molecule has 0 saturated carbocycles. The molecule has 5 heteroatoms. The van der Waals surface area contributed by atoms with Crippen LogP contribution >= 0.6 is 0 Å². The van der Waals surface area contributed by atoms with Gasteiger partial charge in [0.1, 0.15) is 12.2 Å². The van der Waals surface area contributed by atoms with Crippen LogP contribution in [0.5, 0.6) is 0 Å². The Labute approximate surface area is 109 Å². The van der Waals surface area contributed by atoms with Crippen molar-refractivity contribution in [2.24, 2.45) is 11.8 Å². The molecule has 1 fully saturated rings. The van der Waals surface area contributed by atoms with Crippen LogP contribution in [0.15, 0.2) is 6.33 Å². The Bertz CT molecular complexity index is 345. The van der Waals surface area contributed by atoms with E-state index in [1.165, 1.54) is 12.8 Å². The Hall–Kier alpha value is -0.940. The molecule has 1 aromatic rings. The number of hydrogen-bond acceptors (Lipinski definition) is 4. The maximum atomic E-state index is 5.37. The van der Waals surface area contributed by atoms with E-state index < -0.39 is 0 Å². The number of aromatic nitrogens is 3. The van der Waals surface area contributed by atoms with Crippen LogP contribution in [0.3, 0.4) is 0 Å². The summed E-state index contributed by atoms with van der Waals surface area (Å²) in [7, 11) is 0. The Balaban J connectivity index is 1.67. The van der Waals surface area contributed by atoms with Crippen molar-refractivity contribution in [3.8, 4) is 0 Å². The summed E-state index contributed by atoms with van der Waals surface area (Å²) in [6.45, 7) is 9.03. The van der Waals surface area contributed by atoms with Crippen molar-refractivity contribution in [1.29, 1.82) is 0 Å². The van der Waals surface area contributed by atoms with Gasteiger partial charge in [-0.3, -0.25) is 0 Å². The first-order chi connectivity index (χ1) is 8.75.